The molecule has 142 valence electrons. The molecule has 0 aliphatic carbocycles. The minimum Gasteiger partial charge on any atom is -0.472 e. The van der Waals surface area contributed by atoms with E-state index in [0.717, 1.165) is 17.8 Å². The van der Waals surface area contributed by atoms with Crippen LogP contribution >= 0.6 is 11.8 Å². The van der Waals surface area contributed by atoms with Crippen LogP contribution in [-0.2, 0) is 21.5 Å². The van der Waals surface area contributed by atoms with Gasteiger partial charge in [0.1, 0.15) is 11.9 Å². The van der Waals surface area contributed by atoms with Gasteiger partial charge in [-0.05, 0) is 13.0 Å². The van der Waals surface area contributed by atoms with Crippen molar-refractivity contribution in [3.63, 3.8) is 0 Å². The van der Waals surface area contributed by atoms with Gasteiger partial charge in [0.25, 0.3) is 0 Å². The number of ether oxygens (including phenoxy) is 1. The molecule has 7 nitrogen and oxygen atoms in total. The van der Waals surface area contributed by atoms with Crippen molar-refractivity contribution < 1.29 is 27.0 Å². The third-order valence-electron chi connectivity index (χ3n) is 3.05. The van der Waals surface area contributed by atoms with Crippen LogP contribution in [0.1, 0.15) is 18.2 Å². The summed E-state index contributed by atoms with van der Waals surface area (Å²) in [4.78, 5) is 8.14. The number of halogens is 2. The lowest BCUT2D eigenvalue weighted by molar-refractivity contribution is 0.124. The smallest absolute Gasteiger partial charge is 0.217 e. The molecule has 0 radical (unpaired) electrons. The van der Waals surface area contributed by atoms with Gasteiger partial charge in [-0.15, -0.1) is 0 Å². The van der Waals surface area contributed by atoms with Crippen LogP contribution in [0, 0.1) is 11.6 Å². The summed E-state index contributed by atoms with van der Waals surface area (Å²) in [5, 5.41) is 14.2. The van der Waals surface area contributed by atoms with Crippen LogP contribution in [0.25, 0.3) is 0 Å². The Morgan fingerprint density at radius 2 is 2.08 bits per heavy atom. The summed E-state index contributed by atoms with van der Waals surface area (Å²) < 4.78 is 55.0. The van der Waals surface area contributed by atoms with Crippen molar-refractivity contribution in [1.82, 2.24) is 9.97 Å². The molecule has 1 aromatic carbocycles. The van der Waals surface area contributed by atoms with Gasteiger partial charge in [0.2, 0.25) is 15.9 Å². The quantitative estimate of drug-likeness (QED) is 0.506. The summed E-state index contributed by atoms with van der Waals surface area (Å²) in [5.74, 6) is -2.40. The van der Waals surface area contributed by atoms with E-state index in [2.05, 4.69) is 9.97 Å². The van der Waals surface area contributed by atoms with Crippen molar-refractivity contribution in [3.8, 4) is 5.88 Å². The number of sulfonamides is 1. The van der Waals surface area contributed by atoms with Crippen LogP contribution in [-0.4, -0.2) is 36.2 Å². The topological polar surface area (TPSA) is 115 Å². The van der Waals surface area contributed by atoms with Gasteiger partial charge in [0, 0.05) is 17.4 Å². The predicted molar refractivity (Wildman–Crippen MR) is 91.9 cm³/mol. The number of hydrogen-bond acceptors (Lipinski definition) is 7. The van der Waals surface area contributed by atoms with Crippen LogP contribution < -0.4 is 9.88 Å². The molecule has 2 aromatic rings. The first kappa shape index (κ1) is 20.5. The van der Waals surface area contributed by atoms with E-state index in [1.165, 1.54) is 18.2 Å². The number of rotatable bonds is 8. The summed E-state index contributed by atoms with van der Waals surface area (Å²) in [7, 11) is -3.84. The Labute approximate surface area is 153 Å². The van der Waals surface area contributed by atoms with Gasteiger partial charge in [-0.3, -0.25) is 0 Å². The highest BCUT2D eigenvalue weighted by molar-refractivity contribution is 7.98. The molecular formula is C15H17F2N3O4S2. The lowest BCUT2D eigenvalue weighted by Gasteiger charge is -2.13. The van der Waals surface area contributed by atoms with Crippen molar-refractivity contribution in [2.75, 3.05) is 6.61 Å². The first-order valence-electron chi connectivity index (χ1n) is 7.39. The molecule has 2 rings (SSSR count). The van der Waals surface area contributed by atoms with Crippen LogP contribution in [0.2, 0.25) is 0 Å². The molecule has 1 heterocycles. The normalized spacial score (nSPS) is 12.8. The van der Waals surface area contributed by atoms with Crippen LogP contribution in [0.15, 0.2) is 29.4 Å². The second-order valence-electron chi connectivity index (χ2n) is 5.40. The molecular weight excluding hydrogens is 388 g/mol. The number of nitrogens with two attached hydrogens (primary N) is 1. The maximum Gasteiger partial charge on any atom is 0.217 e. The third-order valence-corrected chi connectivity index (χ3v) is 4.65. The van der Waals surface area contributed by atoms with Crippen molar-refractivity contribution in [1.29, 1.82) is 0 Å². The van der Waals surface area contributed by atoms with Gasteiger partial charge in [0.15, 0.2) is 16.8 Å². The summed E-state index contributed by atoms with van der Waals surface area (Å²) >= 11 is 0.978. The van der Waals surface area contributed by atoms with Crippen molar-refractivity contribution in [2.45, 2.75) is 29.7 Å². The average molecular weight is 405 g/mol. The highest BCUT2D eigenvalue weighted by Gasteiger charge is 2.15. The number of aliphatic hydroxyl groups excluding tert-OH is 1. The molecule has 0 bridgehead atoms. The number of nitrogens with zero attached hydrogens (tertiary/aromatic N) is 2. The molecule has 0 aliphatic heterocycles. The molecule has 0 saturated carbocycles. The summed E-state index contributed by atoms with van der Waals surface area (Å²) in [6.45, 7) is 1.32. The monoisotopic (exact) mass is 405 g/mol. The minimum atomic E-state index is -3.84. The zero-order valence-corrected chi connectivity index (χ0v) is 15.4. The Hall–Kier alpha value is -1.82. The highest BCUT2D eigenvalue weighted by Crippen LogP contribution is 2.25. The number of thioether (sulfide) groups is 1. The van der Waals surface area contributed by atoms with E-state index >= 15 is 0 Å². The summed E-state index contributed by atoms with van der Waals surface area (Å²) in [6.07, 6.45) is -0.578. The Morgan fingerprint density at radius 1 is 1.35 bits per heavy atom. The van der Waals surface area contributed by atoms with E-state index in [9.17, 15) is 17.2 Å². The van der Waals surface area contributed by atoms with E-state index in [1.807, 2.05) is 0 Å². The van der Waals surface area contributed by atoms with E-state index in [1.54, 1.807) is 6.92 Å². The standard InChI is InChI=1S/C15H17F2N3O4S2/c1-9(6-21)24-13-5-11(8-26(18,22)23)19-15(20-13)25-7-10-3-2-4-12(16)14(10)17/h2-5,9,21H,6-8H2,1H3,(H2,18,22,23)/t9-/m1/s1. The van der Waals surface area contributed by atoms with Gasteiger partial charge >= 0.3 is 0 Å². The lowest BCUT2D eigenvalue weighted by atomic mass is 10.2. The SMILES string of the molecule is C[C@H](CO)Oc1cc(CS(N)(=O)=O)nc(SCc2cccc(F)c2F)n1. The van der Waals surface area contributed by atoms with Crippen molar-refractivity contribution in [3.05, 3.63) is 47.2 Å². The fourth-order valence-electron chi connectivity index (χ4n) is 1.90. The van der Waals surface area contributed by atoms with Gasteiger partial charge in [0.05, 0.1) is 12.3 Å². The second kappa shape index (κ2) is 8.71. The lowest BCUT2D eigenvalue weighted by Crippen LogP contribution is -2.19. The van der Waals surface area contributed by atoms with E-state index < -0.39 is 33.5 Å². The molecule has 1 atom stereocenters. The number of hydrogen-bond donors (Lipinski definition) is 2. The third kappa shape index (κ3) is 6.16. The molecule has 0 amide bonds. The van der Waals surface area contributed by atoms with Crippen LogP contribution in [0.4, 0.5) is 8.78 Å². The molecule has 1 aromatic heterocycles. The van der Waals surface area contributed by atoms with Gasteiger partial charge in [-0.2, -0.15) is 4.98 Å². The zero-order valence-electron chi connectivity index (χ0n) is 13.7. The van der Waals surface area contributed by atoms with E-state index in [-0.39, 0.29) is 34.7 Å². The molecule has 26 heavy (non-hydrogen) atoms. The fraction of sp³-hybridized carbons (Fsp3) is 0.333. The molecule has 0 spiro atoms. The van der Waals surface area contributed by atoms with E-state index in [4.69, 9.17) is 15.0 Å². The first-order chi connectivity index (χ1) is 12.2. The van der Waals surface area contributed by atoms with Crippen molar-refractivity contribution in [2.24, 2.45) is 5.14 Å². The Kier molecular flexibility index (Phi) is 6.87. The number of benzene rings is 1. The maximum atomic E-state index is 13.7. The van der Waals surface area contributed by atoms with E-state index in [0.29, 0.717) is 0 Å². The number of primary sulfonamides is 1. The molecule has 0 saturated heterocycles. The van der Waals surface area contributed by atoms with Crippen LogP contribution in [0.3, 0.4) is 0 Å². The van der Waals surface area contributed by atoms with Gasteiger partial charge < -0.3 is 9.84 Å². The van der Waals surface area contributed by atoms with Crippen LogP contribution in [0.5, 0.6) is 5.88 Å². The average Bonchev–Trinajstić information content (AvgIpc) is 2.54. The highest BCUT2D eigenvalue weighted by atomic mass is 32.2. The Morgan fingerprint density at radius 3 is 2.73 bits per heavy atom. The van der Waals surface area contributed by atoms with Crippen molar-refractivity contribution >= 4 is 21.8 Å². The molecule has 3 N–H and O–H groups in total. The molecule has 11 heteroatoms. The largest absolute Gasteiger partial charge is 0.472 e. The molecule has 0 fully saturated rings. The molecule has 0 aliphatic rings. The Bertz CT molecular complexity index is 881. The first-order valence-corrected chi connectivity index (χ1v) is 10.1. The van der Waals surface area contributed by atoms with Gasteiger partial charge in [-0.25, -0.2) is 27.3 Å². The number of aromatic nitrogens is 2. The molecule has 0 unspecified atom stereocenters. The fourth-order valence-corrected chi connectivity index (χ4v) is 3.30. The summed E-state index contributed by atoms with van der Waals surface area (Å²) in [6, 6.07) is 5.10. The maximum absolute atomic E-state index is 13.7. The zero-order chi connectivity index (χ0) is 19.3. The predicted octanol–water partition coefficient (Wildman–Crippen LogP) is 1.60. The second-order valence-corrected chi connectivity index (χ2v) is 7.96. The summed E-state index contributed by atoms with van der Waals surface area (Å²) in [5.41, 5.74) is 0.200. The Balaban J connectivity index is 2.26. The minimum absolute atomic E-state index is 0.0252. The van der Waals surface area contributed by atoms with Gasteiger partial charge in [-0.1, -0.05) is 23.9 Å². The number of aliphatic hydroxyl groups is 1.